The number of hydrogen-bond donors (Lipinski definition) is 2. The number of likely N-dealkylation sites (N-methyl/N-ethyl adjacent to an activating group) is 1. The van der Waals surface area contributed by atoms with Crippen LogP contribution in [0.2, 0.25) is 0 Å². The van der Waals surface area contributed by atoms with E-state index >= 15 is 0 Å². The second-order valence-electron chi connectivity index (χ2n) is 7.35. The third kappa shape index (κ3) is 5.16. The number of likely N-dealkylation sites (tertiary alicyclic amines) is 1. The van der Waals surface area contributed by atoms with Crippen LogP contribution in [0.3, 0.4) is 0 Å². The maximum absolute atomic E-state index is 12.8. The van der Waals surface area contributed by atoms with Crippen molar-refractivity contribution < 1.29 is 9.59 Å². The Morgan fingerprint density at radius 2 is 2.04 bits per heavy atom. The fourth-order valence-electron chi connectivity index (χ4n) is 3.59. The second kappa shape index (κ2) is 9.46. The molecule has 3 rings (SSSR count). The highest BCUT2D eigenvalue weighted by atomic mass is 16.2. The number of carbonyl (C=O) groups excluding carboxylic acids is 2. The van der Waals surface area contributed by atoms with E-state index in [0.717, 1.165) is 29.7 Å². The Hall–Kier alpha value is -2.73. The summed E-state index contributed by atoms with van der Waals surface area (Å²) in [6.45, 7) is 3.67. The average molecular weight is 380 g/mol. The van der Waals surface area contributed by atoms with Gasteiger partial charge in [-0.2, -0.15) is 0 Å². The van der Waals surface area contributed by atoms with E-state index in [-0.39, 0.29) is 11.8 Å². The summed E-state index contributed by atoms with van der Waals surface area (Å²) in [5.41, 5.74) is 3.11. The van der Waals surface area contributed by atoms with Crippen molar-refractivity contribution in [2.24, 2.45) is 0 Å². The van der Waals surface area contributed by atoms with Gasteiger partial charge in [0.25, 0.3) is 5.91 Å². The molecular formula is C22H28N4O2. The highest BCUT2D eigenvalue weighted by molar-refractivity contribution is 5.99. The van der Waals surface area contributed by atoms with Gasteiger partial charge in [0.1, 0.15) is 5.69 Å². The summed E-state index contributed by atoms with van der Waals surface area (Å²) in [7, 11) is 2.11. The predicted molar refractivity (Wildman–Crippen MR) is 110 cm³/mol. The third-order valence-electron chi connectivity index (χ3n) is 5.22. The molecule has 1 aromatic carbocycles. The van der Waals surface area contributed by atoms with Crippen LogP contribution >= 0.6 is 0 Å². The summed E-state index contributed by atoms with van der Waals surface area (Å²) in [6, 6.07) is 11.9. The minimum atomic E-state index is -0.151. The van der Waals surface area contributed by atoms with Gasteiger partial charge in [0.15, 0.2) is 0 Å². The van der Waals surface area contributed by atoms with E-state index < -0.39 is 0 Å². The number of nitrogens with one attached hydrogen (secondary N) is 2. The van der Waals surface area contributed by atoms with Crippen molar-refractivity contribution >= 4 is 11.8 Å². The Bertz CT molecular complexity index is 837. The quantitative estimate of drug-likeness (QED) is 0.808. The van der Waals surface area contributed by atoms with Gasteiger partial charge in [-0.15, -0.1) is 0 Å². The molecule has 1 atom stereocenters. The first kappa shape index (κ1) is 20.0. The molecule has 0 unspecified atom stereocenters. The number of hydrogen-bond acceptors (Lipinski definition) is 4. The number of amides is 2. The van der Waals surface area contributed by atoms with Gasteiger partial charge in [-0.25, -0.2) is 0 Å². The Balaban J connectivity index is 1.74. The number of benzene rings is 1. The number of rotatable bonds is 6. The van der Waals surface area contributed by atoms with Crippen LogP contribution in [-0.4, -0.2) is 47.9 Å². The van der Waals surface area contributed by atoms with Crippen LogP contribution in [0.15, 0.2) is 42.6 Å². The first-order valence-electron chi connectivity index (χ1n) is 9.82. The lowest BCUT2D eigenvalue weighted by Gasteiger charge is -2.32. The first-order chi connectivity index (χ1) is 13.5. The largest absolute Gasteiger partial charge is 0.352 e. The van der Waals surface area contributed by atoms with E-state index in [1.165, 1.54) is 19.8 Å². The maximum atomic E-state index is 12.8. The van der Waals surface area contributed by atoms with Crippen LogP contribution < -0.4 is 10.6 Å². The molecule has 2 N–H and O–H groups in total. The number of pyridine rings is 1. The molecule has 148 valence electrons. The fourth-order valence-corrected chi connectivity index (χ4v) is 3.59. The summed E-state index contributed by atoms with van der Waals surface area (Å²) >= 11 is 0. The summed E-state index contributed by atoms with van der Waals surface area (Å²) in [4.78, 5) is 30.7. The molecule has 2 aromatic rings. The van der Waals surface area contributed by atoms with Gasteiger partial charge in [-0.05, 0) is 49.7 Å². The zero-order valence-corrected chi connectivity index (χ0v) is 16.6. The van der Waals surface area contributed by atoms with Gasteiger partial charge in [-0.3, -0.25) is 14.6 Å². The molecular weight excluding hydrogens is 352 g/mol. The average Bonchev–Trinajstić information content (AvgIpc) is 2.71. The number of aromatic nitrogens is 1. The third-order valence-corrected chi connectivity index (χ3v) is 5.22. The molecule has 0 spiro atoms. The van der Waals surface area contributed by atoms with Gasteiger partial charge < -0.3 is 15.5 Å². The summed E-state index contributed by atoms with van der Waals surface area (Å²) in [6.07, 6.45) is 5.18. The SMILES string of the molecule is CC(=O)NCc1cccc(-c2cccnc2C(=O)NC[C@H]2CCCCN2C)c1. The Labute approximate surface area is 166 Å². The lowest BCUT2D eigenvalue weighted by Crippen LogP contribution is -2.44. The Morgan fingerprint density at radius 1 is 1.18 bits per heavy atom. The number of carbonyl (C=O) groups is 2. The summed E-state index contributed by atoms with van der Waals surface area (Å²) in [5.74, 6) is -0.221. The smallest absolute Gasteiger partial charge is 0.270 e. The molecule has 28 heavy (non-hydrogen) atoms. The maximum Gasteiger partial charge on any atom is 0.270 e. The van der Waals surface area contributed by atoms with E-state index in [1.807, 2.05) is 36.4 Å². The number of piperidine rings is 1. The standard InChI is InChI=1S/C22H28N4O2/c1-16(27)24-14-17-7-5-8-18(13-17)20-10-6-11-23-21(20)22(28)25-15-19-9-3-4-12-26(19)2/h5-8,10-11,13,19H,3-4,9,12,14-15H2,1-2H3,(H,24,27)(H,25,28)/t19-/m1/s1. The van der Waals surface area contributed by atoms with Crippen molar-refractivity contribution in [3.05, 3.63) is 53.9 Å². The molecule has 1 aromatic heterocycles. The van der Waals surface area contributed by atoms with Crippen molar-refractivity contribution in [3.63, 3.8) is 0 Å². The van der Waals surface area contributed by atoms with Gasteiger partial charge in [-0.1, -0.05) is 30.7 Å². The van der Waals surface area contributed by atoms with Crippen molar-refractivity contribution in [2.45, 2.75) is 38.8 Å². The molecule has 2 amide bonds. The fraction of sp³-hybridized carbons (Fsp3) is 0.409. The van der Waals surface area contributed by atoms with Crippen molar-refractivity contribution in [2.75, 3.05) is 20.1 Å². The highest BCUT2D eigenvalue weighted by Crippen LogP contribution is 2.23. The molecule has 1 saturated heterocycles. The lowest BCUT2D eigenvalue weighted by molar-refractivity contribution is -0.119. The van der Waals surface area contributed by atoms with E-state index in [2.05, 4.69) is 27.6 Å². The first-order valence-corrected chi connectivity index (χ1v) is 9.82. The van der Waals surface area contributed by atoms with Gasteiger partial charge in [0, 0.05) is 37.8 Å². The molecule has 0 bridgehead atoms. The molecule has 1 aliphatic heterocycles. The zero-order valence-electron chi connectivity index (χ0n) is 16.6. The normalized spacial score (nSPS) is 17.1. The molecule has 6 nitrogen and oxygen atoms in total. The zero-order chi connectivity index (χ0) is 19.9. The molecule has 1 fully saturated rings. The lowest BCUT2D eigenvalue weighted by atomic mass is 10.0. The van der Waals surface area contributed by atoms with E-state index in [9.17, 15) is 9.59 Å². The minimum Gasteiger partial charge on any atom is -0.352 e. The topological polar surface area (TPSA) is 74.3 Å². The van der Waals surface area contributed by atoms with E-state index in [0.29, 0.717) is 24.8 Å². The molecule has 0 radical (unpaired) electrons. The van der Waals surface area contributed by atoms with Crippen LogP contribution in [0.25, 0.3) is 11.1 Å². The van der Waals surface area contributed by atoms with Crippen LogP contribution in [0.5, 0.6) is 0 Å². The van der Waals surface area contributed by atoms with E-state index in [1.54, 1.807) is 6.20 Å². The highest BCUT2D eigenvalue weighted by Gasteiger charge is 2.21. The summed E-state index contributed by atoms with van der Waals surface area (Å²) < 4.78 is 0. The molecule has 6 heteroatoms. The monoisotopic (exact) mass is 380 g/mol. The van der Waals surface area contributed by atoms with Crippen molar-refractivity contribution in [1.29, 1.82) is 0 Å². The van der Waals surface area contributed by atoms with Gasteiger partial charge in [0.2, 0.25) is 5.91 Å². The van der Waals surface area contributed by atoms with Crippen LogP contribution in [0.1, 0.15) is 42.2 Å². The predicted octanol–water partition coefficient (Wildman–Crippen LogP) is 2.60. The molecule has 1 aliphatic rings. The summed E-state index contributed by atoms with van der Waals surface area (Å²) in [5, 5.41) is 5.86. The van der Waals surface area contributed by atoms with Crippen molar-refractivity contribution in [1.82, 2.24) is 20.5 Å². The molecule has 2 heterocycles. The second-order valence-corrected chi connectivity index (χ2v) is 7.35. The van der Waals surface area contributed by atoms with Crippen molar-refractivity contribution in [3.8, 4) is 11.1 Å². The van der Waals surface area contributed by atoms with Crippen LogP contribution in [0.4, 0.5) is 0 Å². The molecule has 0 saturated carbocycles. The minimum absolute atomic E-state index is 0.0699. The molecule has 0 aliphatic carbocycles. The van der Waals surface area contributed by atoms with Gasteiger partial charge >= 0.3 is 0 Å². The Morgan fingerprint density at radius 3 is 2.82 bits per heavy atom. The Kier molecular flexibility index (Phi) is 6.76. The van der Waals surface area contributed by atoms with Gasteiger partial charge in [0.05, 0.1) is 0 Å². The van der Waals surface area contributed by atoms with E-state index in [4.69, 9.17) is 0 Å². The van der Waals surface area contributed by atoms with Crippen LogP contribution in [0, 0.1) is 0 Å². The number of nitrogens with zero attached hydrogens (tertiary/aromatic N) is 2. The van der Waals surface area contributed by atoms with Crippen LogP contribution in [-0.2, 0) is 11.3 Å².